The molecule has 4 aromatic heterocycles. The van der Waals surface area contributed by atoms with E-state index in [1.54, 1.807) is 58.4 Å². The van der Waals surface area contributed by atoms with E-state index in [0.29, 0.717) is 40.4 Å². The second-order valence-corrected chi connectivity index (χ2v) is 8.77. The molecule has 9 nitrogen and oxygen atoms in total. The Balaban J connectivity index is 1.47. The van der Waals surface area contributed by atoms with Crippen molar-refractivity contribution in [3.63, 3.8) is 0 Å². The van der Waals surface area contributed by atoms with E-state index in [1.807, 2.05) is 54.6 Å². The lowest BCUT2D eigenvalue weighted by Crippen LogP contribution is -2.30. The molecule has 1 aliphatic rings. The zero-order valence-corrected chi connectivity index (χ0v) is 19.2. The van der Waals surface area contributed by atoms with Crippen LogP contribution in [0, 0.1) is 0 Å². The Bertz CT molecular complexity index is 1480. The molecule has 170 valence electrons. The number of hydrogen-bond donors (Lipinski definition) is 0. The van der Waals surface area contributed by atoms with Crippen molar-refractivity contribution in [1.29, 1.82) is 0 Å². The molecule has 6 rings (SSSR count). The van der Waals surface area contributed by atoms with Gasteiger partial charge in [-0.25, -0.2) is 24.9 Å². The van der Waals surface area contributed by atoms with Crippen molar-refractivity contribution in [2.45, 2.75) is 5.37 Å². The highest BCUT2D eigenvalue weighted by Gasteiger charge is 2.36. The summed E-state index contributed by atoms with van der Waals surface area (Å²) in [4.78, 5) is 41.7. The third-order valence-electron chi connectivity index (χ3n) is 5.44. The van der Waals surface area contributed by atoms with Crippen molar-refractivity contribution in [3.8, 4) is 28.7 Å². The Labute approximate surface area is 205 Å². The third-order valence-corrected chi connectivity index (χ3v) is 6.65. The Morgan fingerprint density at radius 3 is 2.26 bits per heavy atom. The summed E-state index contributed by atoms with van der Waals surface area (Å²) in [6.07, 6.45) is 8.49. The molecule has 0 saturated carbocycles. The van der Waals surface area contributed by atoms with Gasteiger partial charge in [0.05, 0.1) is 22.8 Å². The summed E-state index contributed by atoms with van der Waals surface area (Å²) in [5, 5.41) is -0.217. The van der Waals surface area contributed by atoms with E-state index in [0.717, 1.165) is 5.56 Å². The molecule has 1 unspecified atom stereocenters. The maximum Gasteiger partial charge on any atom is 0.240 e. The molecule has 5 aromatic rings. The van der Waals surface area contributed by atoms with Gasteiger partial charge in [-0.05, 0) is 29.8 Å². The fourth-order valence-corrected chi connectivity index (χ4v) is 4.96. The first kappa shape index (κ1) is 21.1. The summed E-state index contributed by atoms with van der Waals surface area (Å²) in [6.45, 7) is 0. The molecule has 0 N–H and O–H groups in total. The smallest absolute Gasteiger partial charge is 0.240 e. The van der Waals surface area contributed by atoms with Crippen molar-refractivity contribution in [2.75, 3.05) is 10.7 Å². The van der Waals surface area contributed by atoms with E-state index in [4.69, 9.17) is 9.97 Å². The van der Waals surface area contributed by atoms with Crippen LogP contribution in [-0.2, 0) is 4.79 Å². The van der Waals surface area contributed by atoms with Crippen LogP contribution in [0.1, 0.15) is 10.9 Å². The van der Waals surface area contributed by atoms with Crippen LogP contribution in [0.15, 0.2) is 91.8 Å². The van der Waals surface area contributed by atoms with Crippen LogP contribution < -0.4 is 4.90 Å². The maximum atomic E-state index is 13.0. The highest BCUT2D eigenvalue weighted by molar-refractivity contribution is 8.00. The Kier molecular flexibility index (Phi) is 5.47. The van der Waals surface area contributed by atoms with Crippen LogP contribution in [0.3, 0.4) is 0 Å². The number of nitrogens with zero attached hydrogens (tertiary/aromatic N) is 8. The highest BCUT2D eigenvalue weighted by atomic mass is 32.2. The largest absolute Gasteiger partial charge is 0.274 e. The zero-order chi connectivity index (χ0) is 23.6. The first-order valence-corrected chi connectivity index (χ1v) is 11.9. The van der Waals surface area contributed by atoms with Gasteiger partial charge in [0.1, 0.15) is 17.4 Å². The van der Waals surface area contributed by atoms with Gasteiger partial charge >= 0.3 is 0 Å². The van der Waals surface area contributed by atoms with Crippen LogP contribution >= 0.6 is 11.8 Å². The van der Waals surface area contributed by atoms with Gasteiger partial charge in [0.2, 0.25) is 17.8 Å². The monoisotopic (exact) mass is 478 g/mol. The Hall–Kier alpha value is -4.44. The number of anilines is 1. The number of carbonyl (C=O) groups excluding carboxylic acids is 1. The second-order valence-electron chi connectivity index (χ2n) is 7.71. The minimum atomic E-state index is -0.217. The molecule has 1 fully saturated rings. The van der Waals surface area contributed by atoms with Gasteiger partial charge in [0, 0.05) is 24.8 Å². The summed E-state index contributed by atoms with van der Waals surface area (Å²) < 4.78 is 1.72. The van der Waals surface area contributed by atoms with Gasteiger partial charge < -0.3 is 0 Å². The van der Waals surface area contributed by atoms with E-state index in [-0.39, 0.29) is 11.3 Å². The summed E-state index contributed by atoms with van der Waals surface area (Å²) in [6, 6.07) is 19.1. The average molecular weight is 479 g/mol. The summed E-state index contributed by atoms with van der Waals surface area (Å²) in [5.74, 6) is 1.13. The molecule has 1 atom stereocenters. The molecule has 0 aliphatic carbocycles. The van der Waals surface area contributed by atoms with Gasteiger partial charge in [-0.3, -0.25) is 19.2 Å². The Morgan fingerprint density at radius 1 is 0.743 bits per heavy atom. The minimum absolute atomic E-state index is 0.0452. The zero-order valence-electron chi connectivity index (χ0n) is 18.3. The van der Waals surface area contributed by atoms with Crippen molar-refractivity contribution in [1.82, 2.24) is 34.5 Å². The highest BCUT2D eigenvalue weighted by Crippen LogP contribution is 2.41. The molecule has 35 heavy (non-hydrogen) atoms. The molecule has 0 spiro atoms. The predicted octanol–water partition coefficient (Wildman–Crippen LogP) is 3.96. The first-order valence-electron chi connectivity index (χ1n) is 10.9. The van der Waals surface area contributed by atoms with Crippen molar-refractivity contribution in [2.24, 2.45) is 0 Å². The van der Waals surface area contributed by atoms with Gasteiger partial charge in [-0.2, -0.15) is 0 Å². The lowest BCUT2D eigenvalue weighted by atomic mass is 10.2. The van der Waals surface area contributed by atoms with Gasteiger partial charge in [0.15, 0.2) is 0 Å². The molecule has 0 bridgehead atoms. The second kappa shape index (κ2) is 9.07. The summed E-state index contributed by atoms with van der Waals surface area (Å²) in [5.41, 5.74) is 3.48. The predicted molar refractivity (Wildman–Crippen MR) is 133 cm³/mol. The van der Waals surface area contributed by atoms with Gasteiger partial charge in [-0.1, -0.05) is 36.4 Å². The van der Waals surface area contributed by atoms with Crippen LogP contribution in [-0.4, -0.2) is 46.1 Å². The van der Waals surface area contributed by atoms with Crippen molar-refractivity contribution in [3.05, 3.63) is 97.3 Å². The van der Waals surface area contributed by atoms with Crippen LogP contribution in [0.2, 0.25) is 0 Å². The summed E-state index contributed by atoms with van der Waals surface area (Å²) >= 11 is 1.56. The number of aromatic nitrogens is 7. The molecule has 1 amide bonds. The number of imidazole rings is 1. The molecule has 5 heterocycles. The normalized spacial score (nSPS) is 15.5. The quantitative estimate of drug-likeness (QED) is 0.374. The fourth-order valence-electron chi connectivity index (χ4n) is 3.81. The van der Waals surface area contributed by atoms with Crippen LogP contribution in [0.5, 0.6) is 0 Å². The molecule has 1 saturated heterocycles. The topological polar surface area (TPSA) is 103 Å². The van der Waals surface area contributed by atoms with E-state index in [2.05, 4.69) is 19.9 Å². The van der Waals surface area contributed by atoms with E-state index in [1.165, 1.54) is 0 Å². The number of thioether (sulfide) groups is 1. The molecule has 1 aromatic carbocycles. The number of amides is 1. The maximum absolute atomic E-state index is 13.0. The van der Waals surface area contributed by atoms with E-state index in [9.17, 15) is 4.79 Å². The van der Waals surface area contributed by atoms with Crippen LogP contribution in [0.4, 0.5) is 5.95 Å². The van der Waals surface area contributed by atoms with Crippen molar-refractivity contribution < 1.29 is 4.79 Å². The summed E-state index contributed by atoms with van der Waals surface area (Å²) in [7, 11) is 0. The number of rotatable bonds is 5. The molecule has 0 radical (unpaired) electrons. The molecular formula is C25H18N8OS. The number of carbonyl (C=O) groups is 1. The molecule has 10 heteroatoms. The number of benzene rings is 1. The third kappa shape index (κ3) is 4.15. The SMILES string of the molecule is O=C1CSC(c2ccccc2)N1c1nc(-c2ccccn2)cc(-c2cn(-c3ncccn3)cn2)n1. The average Bonchev–Trinajstić information content (AvgIpc) is 3.57. The first-order chi connectivity index (χ1) is 17.3. The molecule has 1 aliphatic heterocycles. The molecular weight excluding hydrogens is 460 g/mol. The standard InChI is InChI=1S/C25H18N8OS/c34-22-15-35-23(17-7-2-1-3-8-17)33(22)25-30-19(18-9-4-5-10-26-18)13-20(31-25)21-14-32(16-29-21)24-27-11-6-12-28-24/h1-14,16,23H,15H2. The lowest BCUT2D eigenvalue weighted by molar-refractivity contribution is -0.115. The Morgan fingerprint density at radius 2 is 1.49 bits per heavy atom. The van der Waals surface area contributed by atoms with Crippen molar-refractivity contribution >= 4 is 23.6 Å². The van der Waals surface area contributed by atoms with Gasteiger partial charge in [0.25, 0.3) is 0 Å². The van der Waals surface area contributed by atoms with Gasteiger partial charge in [-0.15, -0.1) is 11.8 Å². The van der Waals surface area contributed by atoms with E-state index < -0.39 is 0 Å². The minimum Gasteiger partial charge on any atom is -0.274 e. The number of pyridine rings is 1. The number of hydrogen-bond acceptors (Lipinski definition) is 8. The lowest BCUT2D eigenvalue weighted by Gasteiger charge is -2.23. The van der Waals surface area contributed by atoms with Crippen LogP contribution in [0.25, 0.3) is 28.7 Å². The van der Waals surface area contributed by atoms with E-state index >= 15 is 0 Å². The fraction of sp³-hybridized carbons (Fsp3) is 0.0800.